The van der Waals surface area contributed by atoms with E-state index in [-0.39, 0.29) is 21.4 Å². The molecule has 126 valence electrons. The highest BCUT2D eigenvalue weighted by molar-refractivity contribution is 7.89. The summed E-state index contributed by atoms with van der Waals surface area (Å²) in [6.45, 7) is 0. The van der Waals surface area contributed by atoms with Crippen LogP contribution in [0, 0.1) is 0 Å². The molecule has 0 aromatic heterocycles. The van der Waals surface area contributed by atoms with Crippen molar-refractivity contribution >= 4 is 27.5 Å². The van der Waals surface area contributed by atoms with Crippen molar-refractivity contribution in [1.29, 1.82) is 0 Å². The van der Waals surface area contributed by atoms with Crippen LogP contribution in [0.1, 0.15) is 21.5 Å². The summed E-state index contributed by atoms with van der Waals surface area (Å²) < 4.78 is 26.4. The molecule has 0 bridgehead atoms. The Morgan fingerprint density at radius 3 is 2.54 bits per heavy atom. The maximum Gasteiger partial charge on any atom is 0.256 e. The third kappa shape index (κ3) is 2.24. The van der Waals surface area contributed by atoms with Crippen molar-refractivity contribution in [2.45, 2.75) is 10.6 Å². The number of sulfonamides is 1. The van der Waals surface area contributed by atoms with E-state index in [1.165, 1.54) is 37.2 Å². The topological polar surface area (TPSA) is 86.7 Å². The summed E-state index contributed by atoms with van der Waals surface area (Å²) in [4.78, 5) is 13.4. The molecule has 2 aromatic rings. The first-order chi connectivity index (χ1) is 11.2. The number of nitrogens with zero attached hydrogens (tertiary/aromatic N) is 1. The van der Waals surface area contributed by atoms with Crippen molar-refractivity contribution in [3.05, 3.63) is 64.2 Å². The van der Waals surface area contributed by atoms with Crippen LogP contribution in [-0.4, -0.2) is 38.4 Å². The highest BCUT2D eigenvalue weighted by Crippen LogP contribution is 2.42. The van der Waals surface area contributed by atoms with Gasteiger partial charge < -0.3 is 10.0 Å². The average Bonchev–Trinajstić information content (AvgIpc) is 2.78. The van der Waals surface area contributed by atoms with Gasteiger partial charge in [0.05, 0.1) is 5.02 Å². The number of hydrogen-bond acceptors (Lipinski definition) is 4. The smallest absolute Gasteiger partial charge is 0.256 e. The summed E-state index contributed by atoms with van der Waals surface area (Å²) in [6, 6.07) is 10.8. The van der Waals surface area contributed by atoms with Gasteiger partial charge in [0.25, 0.3) is 5.91 Å². The van der Waals surface area contributed by atoms with E-state index in [0.29, 0.717) is 11.1 Å². The first kappa shape index (κ1) is 16.9. The number of fused-ring (bicyclic) bond motifs is 1. The second kappa shape index (κ2) is 5.56. The molecule has 0 fully saturated rings. The summed E-state index contributed by atoms with van der Waals surface area (Å²) in [6.07, 6.45) is 0. The standard InChI is InChI=1S/C16H15ClN2O4S/c1-18-24(22,23)14-9-10(7-8-13(14)17)16(21)12-6-4-3-5-11(12)15(20)19(16)2/h3-9,18,21H,1-2H3. The summed E-state index contributed by atoms with van der Waals surface area (Å²) >= 11 is 6.00. The lowest BCUT2D eigenvalue weighted by Gasteiger charge is -2.32. The van der Waals surface area contributed by atoms with Gasteiger partial charge in [-0.1, -0.05) is 35.9 Å². The number of rotatable bonds is 3. The number of amides is 1. The third-order valence-corrected chi connectivity index (χ3v) is 6.11. The van der Waals surface area contributed by atoms with Gasteiger partial charge in [0.2, 0.25) is 10.0 Å². The van der Waals surface area contributed by atoms with Crippen LogP contribution in [0.15, 0.2) is 47.4 Å². The minimum atomic E-state index is -3.81. The van der Waals surface area contributed by atoms with E-state index >= 15 is 0 Å². The molecule has 1 unspecified atom stereocenters. The molecule has 2 aromatic carbocycles. The van der Waals surface area contributed by atoms with Crippen LogP contribution in [-0.2, 0) is 15.7 Å². The molecule has 1 heterocycles. The predicted octanol–water partition coefficient (Wildman–Crippen LogP) is 1.53. The van der Waals surface area contributed by atoms with E-state index in [1.807, 2.05) is 0 Å². The molecule has 1 atom stereocenters. The maximum atomic E-state index is 12.4. The number of hydrogen-bond donors (Lipinski definition) is 2. The Morgan fingerprint density at radius 1 is 1.21 bits per heavy atom. The van der Waals surface area contributed by atoms with Crippen LogP contribution in [0.3, 0.4) is 0 Å². The fourth-order valence-electron chi connectivity index (χ4n) is 2.87. The highest BCUT2D eigenvalue weighted by Gasteiger charge is 2.48. The largest absolute Gasteiger partial charge is 0.363 e. The minimum Gasteiger partial charge on any atom is -0.363 e. The molecule has 1 amide bonds. The fraction of sp³-hybridized carbons (Fsp3) is 0.188. The Kier molecular flexibility index (Phi) is 3.92. The van der Waals surface area contributed by atoms with Crippen molar-refractivity contribution in [2.24, 2.45) is 0 Å². The van der Waals surface area contributed by atoms with Crippen LogP contribution in [0.4, 0.5) is 0 Å². The average molecular weight is 367 g/mol. The van der Waals surface area contributed by atoms with Gasteiger partial charge in [-0.2, -0.15) is 0 Å². The number of nitrogens with one attached hydrogen (secondary N) is 1. The first-order valence-electron chi connectivity index (χ1n) is 7.07. The summed E-state index contributed by atoms with van der Waals surface area (Å²) in [5.74, 6) is -0.346. The fourth-order valence-corrected chi connectivity index (χ4v) is 4.12. The zero-order valence-electron chi connectivity index (χ0n) is 12.9. The normalized spacial score (nSPS) is 20.3. The van der Waals surface area contributed by atoms with Crippen molar-refractivity contribution in [1.82, 2.24) is 9.62 Å². The Balaban J connectivity index is 2.26. The lowest BCUT2D eigenvalue weighted by atomic mass is 9.94. The maximum absolute atomic E-state index is 12.4. The molecule has 0 spiro atoms. The van der Waals surface area contributed by atoms with E-state index in [9.17, 15) is 18.3 Å². The van der Waals surface area contributed by atoms with E-state index in [0.717, 1.165) is 0 Å². The number of halogens is 1. The van der Waals surface area contributed by atoms with Crippen LogP contribution >= 0.6 is 11.6 Å². The van der Waals surface area contributed by atoms with E-state index < -0.39 is 15.7 Å². The summed E-state index contributed by atoms with van der Waals surface area (Å²) in [5, 5.41) is 11.3. The zero-order valence-corrected chi connectivity index (χ0v) is 14.5. The van der Waals surface area contributed by atoms with Gasteiger partial charge in [0, 0.05) is 23.7 Å². The molecule has 1 aliphatic heterocycles. The van der Waals surface area contributed by atoms with Gasteiger partial charge in [-0.15, -0.1) is 0 Å². The van der Waals surface area contributed by atoms with Crippen LogP contribution in [0.2, 0.25) is 5.02 Å². The molecule has 0 radical (unpaired) electrons. The van der Waals surface area contributed by atoms with E-state index in [4.69, 9.17) is 11.6 Å². The summed E-state index contributed by atoms with van der Waals surface area (Å²) in [5.41, 5.74) is -0.763. The Labute approximate surface area is 144 Å². The summed E-state index contributed by atoms with van der Waals surface area (Å²) in [7, 11) is -1.08. The van der Waals surface area contributed by atoms with Gasteiger partial charge in [-0.25, -0.2) is 13.1 Å². The van der Waals surface area contributed by atoms with Gasteiger partial charge in [-0.05, 0) is 25.2 Å². The van der Waals surface area contributed by atoms with Crippen LogP contribution in [0.25, 0.3) is 0 Å². The molecular formula is C16H15ClN2O4S. The molecule has 0 saturated heterocycles. The SMILES string of the molecule is CNS(=O)(=O)c1cc(C2(O)c3ccccc3C(=O)N2C)ccc1Cl. The van der Waals surface area contributed by atoms with Crippen molar-refractivity contribution in [2.75, 3.05) is 14.1 Å². The highest BCUT2D eigenvalue weighted by atomic mass is 35.5. The molecule has 0 aliphatic carbocycles. The van der Waals surface area contributed by atoms with Crippen LogP contribution < -0.4 is 4.72 Å². The minimum absolute atomic E-state index is 0.0250. The molecule has 8 heteroatoms. The quantitative estimate of drug-likeness (QED) is 0.862. The van der Waals surface area contributed by atoms with E-state index in [2.05, 4.69) is 4.72 Å². The number of carbonyl (C=O) groups excluding carboxylic acids is 1. The first-order valence-corrected chi connectivity index (χ1v) is 8.93. The second-order valence-electron chi connectivity index (χ2n) is 5.43. The van der Waals surface area contributed by atoms with E-state index in [1.54, 1.807) is 24.3 Å². The van der Waals surface area contributed by atoms with Gasteiger partial charge in [0.1, 0.15) is 4.90 Å². The van der Waals surface area contributed by atoms with Gasteiger partial charge in [0.15, 0.2) is 5.72 Å². The Morgan fingerprint density at radius 2 is 1.88 bits per heavy atom. The van der Waals surface area contributed by atoms with Crippen molar-refractivity contribution in [3.63, 3.8) is 0 Å². The van der Waals surface area contributed by atoms with Crippen LogP contribution in [0.5, 0.6) is 0 Å². The number of aliphatic hydroxyl groups is 1. The molecule has 2 N–H and O–H groups in total. The van der Waals surface area contributed by atoms with Crippen molar-refractivity contribution < 1.29 is 18.3 Å². The number of benzene rings is 2. The Bertz CT molecular complexity index is 945. The molecular weight excluding hydrogens is 352 g/mol. The zero-order chi connectivity index (χ0) is 17.7. The third-order valence-electron chi connectivity index (χ3n) is 4.22. The molecule has 1 aliphatic rings. The lowest BCUT2D eigenvalue weighted by Crippen LogP contribution is -2.42. The molecule has 0 saturated carbocycles. The molecule has 3 rings (SSSR count). The second-order valence-corrected chi connectivity index (χ2v) is 7.70. The predicted molar refractivity (Wildman–Crippen MR) is 89.2 cm³/mol. The Hall–Kier alpha value is -1.93. The molecule has 24 heavy (non-hydrogen) atoms. The molecule has 6 nitrogen and oxygen atoms in total. The monoisotopic (exact) mass is 366 g/mol. The van der Waals surface area contributed by atoms with Gasteiger partial charge in [-0.3, -0.25) is 4.79 Å². The number of carbonyl (C=O) groups is 1. The lowest BCUT2D eigenvalue weighted by molar-refractivity contribution is -0.0370. The van der Waals surface area contributed by atoms with Gasteiger partial charge >= 0.3 is 0 Å². The van der Waals surface area contributed by atoms with Crippen molar-refractivity contribution in [3.8, 4) is 0 Å².